The number of carbonyl (C=O) groups is 1. The molecule has 0 radical (unpaired) electrons. The lowest BCUT2D eigenvalue weighted by atomic mass is 9.86. The molecule has 1 aromatic heterocycles. The van der Waals surface area contributed by atoms with E-state index in [0.29, 0.717) is 23.4 Å². The normalized spacial score (nSPS) is 19.5. The lowest BCUT2D eigenvalue weighted by molar-refractivity contribution is -0.127. The van der Waals surface area contributed by atoms with Crippen molar-refractivity contribution in [2.24, 2.45) is 5.92 Å². The standard InChI is InChI=1S/C18H16F2N2OS/c19-18(20)8-4-7-13(10-18)16(23)22-17-14(11-21)9-15(24-17)12-5-2-1-3-6-12/h1-3,5-6,9,13H,4,7-8,10H2,(H,22,23). The van der Waals surface area contributed by atoms with Crippen molar-refractivity contribution in [3.63, 3.8) is 0 Å². The first-order valence-electron chi connectivity index (χ1n) is 7.76. The Morgan fingerprint density at radius 2 is 2.08 bits per heavy atom. The number of alkyl halides is 2. The number of anilines is 1. The van der Waals surface area contributed by atoms with Gasteiger partial charge in [0.25, 0.3) is 0 Å². The van der Waals surface area contributed by atoms with Crippen molar-refractivity contribution in [3.05, 3.63) is 42.0 Å². The van der Waals surface area contributed by atoms with Crippen LogP contribution in [0.15, 0.2) is 36.4 Å². The minimum absolute atomic E-state index is 0.155. The highest BCUT2D eigenvalue weighted by Crippen LogP contribution is 2.39. The van der Waals surface area contributed by atoms with Gasteiger partial charge in [0.05, 0.1) is 5.56 Å². The van der Waals surface area contributed by atoms with Crippen LogP contribution >= 0.6 is 11.3 Å². The molecule has 3 rings (SSSR count). The van der Waals surface area contributed by atoms with Crippen LogP contribution in [0.1, 0.15) is 31.2 Å². The number of amides is 1. The van der Waals surface area contributed by atoms with Crippen LogP contribution in [-0.4, -0.2) is 11.8 Å². The van der Waals surface area contributed by atoms with Gasteiger partial charge in [-0.2, -0.15) is 5.26 Å². The van der Waals surface area contributed by atoms with Gasteiger partial charge in [-0.3, -0.25) is 4.79 Å². The Morgan fingerprint density at radius 1 is 1.33 bits per heavy atom. The van der Waals surface area contributed by atoms with Crippen LogP contribution in [0.4, 0.5) is 13.8 Å². The van der Waals surface area contributed by atoms with Gasteiger partial charge in [-0.15, -0.1) is 11.3 Å². The van der Waals surface area contributed by atoms with Gasteiger partial charge in [0.1, 0.15) is 11.1 Å². The lowest BCUT2D eigenvalue weighted by Crippen LogP contribution is -2.33. The fourth-order valence-electron chi connectivity index (χ4n) is 2.92. The minimum atomic E-state index is -2.77. The summed E-state index contributed by atoms with van der Waals surface area (Å²) in [6.07, 6.45) is 0.227. The van der Waals surface area contributed by atoms with Crippen molar-refractivity contribution < 1.29 is 13.6 Å². The summed E-state index contributed by atoms with van der Waals surface area (Å²) in [5.41, 5.74) is 1.30. The zero-order chi connectivity index (χ0) is 17.2. The zero-order valence-corrected chi connectivity index (χ0v) is 13.7. The average molecular weight is 346 g/mol. The summed E-state index contributed by atoms with van der Waals surface area (Å²) in [5, 5.41) is 12.4. The van der Waals surface area contributed by atoms with Gasteiger partial charge in [0, 0.05) is 23.6 Å². The van der Waals surface area contributed by atoms with Crippen LogP contribution in [0.5, 0.6) is 0 Å². The fraction of sp³-hybridized carbons (Fsp3) is 0.333. The van der Waals surface area contributed by atoms with Gasteiger partial charge in [-0.05, 0) is 24.5 Å². The van der Waals surface area contributed by atoms with Crippen molar-refractivity contribution in [2.45, 2.75) is 31.6 Å². The van der Waals surface area contributed by atoms with Gasteiger partial charge < -0.3 is 5.32 Å². The van der Waals surface area contributed by atoms with E-state index in [1.165, 1.54) is 11.3 Å². The Hall–Kier alpha value is -2.26. The van der Waals surface area contributed by atoms with Gasteiger partial charge in [-0.25, -0.2) is 8.78 Å². The summed E-state index contributed by atoms with van der Waals surface area (Å²) in [5.74, 6) is -3.90. The van der Waals surface area contributed by atoms with E-state index in [4.69, 9.17) is 0 Å². The van der Waals surface area contributed by atoms with E-state index >= 15 is 0 Å². The molecule has 1 unspecified atom stereocenters. The smallest absolute Gasteiger partial charge is 0.248 e. The maximum absolute atomic E-state index is 13.5. The van der Waals surface area contributed by atoms with Crippen LogP contribution in [-0.2, 0) is 4.79 Å². The highest BCUT2D eigenvalue weighted by molar-refractivity contribution is 7.19. The second kappa shape index (κ2) is 6.70. The highest BCUT2D eigenvalue weighted by atomic mass is 32.1. The fourth-order valence-corrected chi connectivity index (χ4v) is 3.94. The average Bonchev–Trinajstić information content (AvgIpc) is 2.97. The van der Waals surface area contributed by atoms with E-state index in [0.717, 1.165) is 10.4 Å². The molecule has 0 saturated heterocycles. The van der Waals surface area contributed by atoms with E-state index in [1.807, 2.05) is 30.3 Å². The molecule has 2 aromatic rings. The zero-order valence-electron chi connectivity index (χ0n) is 12.9. The molecule has 1 aliphatic carbocycles. The third kappa shape index (κ3) is 3.62. The number of thiophene rings is 1. The van der Waals surface area contributed by atoms with Crippen LogP contribution in [0.3, 0.4) is 0 Å². The number of benzene rings is 1. The lowest BCUT2D eigenvalue weighted by Gasteiger charge is -2.27. The first-order chi connectivity index (χ1) is 11.5. The van der Waals surface area contributed by atoms with Crippen LogP contribution in [0.25, 0.3) is 10.4 Å². The van der Waals surface area contributed by atoms with E-state index in [9.17, 15) is 18.8 Å². The van der Waals surface area contributed by atoms with Crippen LogP contribution in [0.2, 0.25) is 0 Å². The van der Waals surface area contributed by atoms with Crippen molar-refractivity contribution in [3.8, 4) is 16.5 Å². The minimum Gasteiger partial charge on any atom is -0.316 e. The van der Waals surface area contributed by atoms with E-state index in [1.54, 1.807) is 6.07 Å². The van der Waals surface area contributed by atoms with Gasteiger partial charge >= 0.3 is 0 Å². The molecule has 1 fully saturated rings. The highest BCUT2D eigenvalue weighted by Gasteiger charge is 2.39. The molecule has 3 nitrogen and oxygen atoms in total. The molecule has 1 N–H and O–H groups in total. The summed E-state index contributed by atoms with van der Waals surface area (Å²) in [4.78, 5) is 13.2. The number of hydrogen-bond acceptors (Lipinski definition) is 3. The molecular weight excluding hydrogens is 330 g/mol. The Bertz CT molecular complexity index is 780. The van der Waals surface area contributed by atoms with Crippen molar-refractivity contribution in [1.29, 1.82) is 5.26 Å². The molecule has 1 saturated carbocycles. The predicted molar refractivity (Wildman–Crippen MR) is 90.0 cm³/mol. The second-order valence-corrected chi connectivity index (χ2v) is 7.02. The molecule has 1 aromatic carbocycles. The Kier molecular flexibility index (Phi) is 4.63. The second-order valence-electron chi connectivity index (χ2n) is 5.97. The summed E-state index contributed by atoms with van der Waals surface area (Å²) < 4.78 is 27.0. The number of carbonyl (C=O) groups excluding carboxylic acids is 1. The van der Waals surface area contributed by atoms with Crippen molar-refractivity contribution in [2.75, 3.05) is 5.32 Å². The summed E-state index contributed by atoms with van der Waals surface area (Å²) in [6, 6.07) is 13.3. The van der Waals surface area contributed by atoms with E-state index < -0.39 is 24.2 Å². The molecule has 24 heavy (non-hydrogen) atoms. The summed E-state index contributed by atoms with van der Waals surface area (Å²) >= 11 is 1.29. The Balaban J connectivity index is 1.79. The predicted octanol–water partition coefficient (Wildman–Crippen LogP) is 5.05. The van der Waals surface area contributed by atoms with Crippen LogP contribution < -0.4 is 5.32 Å². The molecule has 0 spiro atoms. The van der Waals surface area contributed by atoms with Gasteiger partial charge in [0.2, 0.25) is 11.8 Å². The van der Waals surface area contributed by atoms with Crippen LogP contribution in [0, 0.1) is 17.2 Å². The number of nitriles is 1. The Morgan fingerprint density at radius 3 is 2.75 bits per heavy atom. The molecule has 1 atom stereocenters. The van der Waals surface area contributed by atoms with E-state index in [-0.39, 0.29) is 6.42 Å². The molecule has 6 heteroatoms. The maximum Gasteiger partial charge on any atom is 0.248 e. The number of nitrogens with zero attached hydrogens (tertiary/aromatic N) is 1. The monoisotopic (exact) mass is 346 g/mol. The molecule has 1 aliphatic rings. The molecule has 124 valence electrons. The summed E-state index contributed by atoms with van der Waals surface area (Å²) in [7, 11) is 0. The number of hydrogen-bond donors (Lipinski definition) is 1. The third-order valence-electron chi connectivity index (χ3n) is 4.16. The number of rotatable bonds is 3. The van der Waals surface area contributed by atoms with Crippen molar-refractivity contribution >= 4 is 22.2 Å². The molecule has 0 aliphatic heterocycles. The molecule has 1 heterocycles. The SMILES string of the molecule is N#Cc1cc(-c2ccccc2)sc1NC(=O)C1CCCC(F)(F)C1. The van der Waals surface area contributed by atoms with Gasteiger partial charge in [-0.1, -0.05) is 30.3 Å². The molecule has 1 amide bonds. The van der Waals surface area contributed by atoms with E-state index in [2.05, 4.69) is 11.4 Å². The first-order valence-corrected chi connectivity index (χ1v) is 8.58. The largest absolute Gasteiger partial charge is 0.316 e. The number of nitrogens with one attached hydrogen (secondary N) is 1. The molecule has 0 bridgehead atoms. The first kappa shape index (κ1) is 16.6. The molecular formula is C18H16F2N2OS. The van der Waals surface area contributed by atoms with Crippen molar-refractivity contribution in [1.82, 2.24) is 0 Å². The third-order valence-corrected chi connectivity index (χ3v) is 5.26. The van der Waals surface area contributed by atoms with Gasteiger partial charge in [0.15, 0.2) is 0 Å². The quantitative estimate of drug-likeness (QED) is 0.845. The number of halogens is 2. The maximum atomic E-state index is 13.5. The Labute approximate surface area is 142 Å². The topological polar surface area (TPSA) is 52.9 Å². The summed E-state index contributed by atoms with van der Waals surface area (Å²) in [6.45, 7) is 0.